The lowest BCUT2D eigenvalue weighted by molar-refractivity contribution is 0.0689. The van der Waals surface area contributed by atoms with E-state index in [0.717, 1.165) is 26.4 Å². The van der Waals surface area contributed by atoms with Gasteiger partial charge >= 0.3 is 0 Å². The van der Waals surface area contributed by atoms with Crippen LogP contribution in [0.1, 0.15) is 47.0 Å². The first-order chi connectivity index (χ1) is 7.28. The zero-order chi connectivity index (χ0) is 11.5. The van der Waals surface area contributed by atoms with E-state index in [1.807, 2.05) is 0 Å². The van der Waals surface area contributed by atoms with Crippen molar-refractivity contribution in [2.24, 2.45) is 11.8 Å². The predicted molar refractivity (Wildman–Crippen MR) is 65.2 cm³/mol. The summed E-state index contributed by atoms with van der Waals surface area (Å²) in [7, 11) is 0. The van der Waals surface area contributed by atoms with Crippen LogP contribution in [-0.4, -0.2) is 26.4 Å². The Hall–Kier alpha value is -0.0800. The molecule has 0 aromatic carbocycles. The van der Waals surface area contributed by atoms with Crippen LogP contribution >= 0.6 is 0 Å². The van der Waals surface area contributed by atoms with Gasteiger partial charge in [-0.2, -0.15) is 0 Å². The highest BCUT2D eigenvalue weighted by Gasteiger charge is 2.14. The van der Waals surface area contributed by atoms with Crippen LogP contribution in [0.15, 0.2) is 0 Å². The molecule has 0 fully saturated rings. The Morgan fingerprint density at radius 3 is 1.40 bits per heavy atom. The quantitative estimate of drug-likeness (QED) is 0.556. The van der Waals surface area contributed by atoms with Crippen molar-refractivity contribution >= 4 is 0 Å². The maximum atomic E-state index is 5.50. The van der Waals surface area contributed by atoms with Gasteiger partial charge in [0.15, 0.2) is 0 Å². The van der Waals surface area contributed by atoms with Crippen molar-refractivity contribution in [3.8, 4) is 0 Å². The van der Waals surface area contributed by atoms with Crippen molar-refractivity contribution in [2.75, 3.05) is 26.4 Å². The van der Waals surface area contributed by atoms with Crippen molar-refractivity contribution in [1.82, 2.24) is 0 Å². The van der Waals surface area contributed by atoms with E-state index in [1.165, 1.54) is 19.3 Å². The van der Waals surface area contributed by atoms with Gasteiger partial charge in [-0.15, -0.1) is 0 Å². The monoisotopic (exact) mass is 216 g/mol. The third kappa shape index (κ3) is 7.80. The molecule has 2 nitrogen and oxygen atoms in total. The van der Waals surface area contributed by atoms with Crippen LogP contribution in [0.25, 0.3) is 0 Å². The summed E-state index contributed by atoms with van der Waals surface area (Å²) in [6, 6.07) is 0. The fourth-order valence-electron chi connectivity index (χ4n) is 1.75. The molecule has 0 aliphatic carbocycles. The number of ether oxygens (including phenoxy) is 2. The van der Waals surface area contributed by atoms with E-state index in [2.05, 4.69) is 27.7 Å². The summed E-state index contributed by atoms with van der Waals surface area (Å²) in [5.74, 6) is 1.41. The van der Waals surface area contributed by atoms with Gasteiger partial charge in [-0.1, -0.05) is 26.7 Å². The van der Waals surface area contributed by atoms with E-state index < -0.39 is 0 Å². The highest BCUT2D eigenvalue weighted by Crippen LogP contribution is 2.19. The highest BCUT2D eigenvalue weighted by molar-refractivity contribution is 4.64. The van der Waals surface area contributed by atoms with Gasteiger partial charge in [0, 0.05) is 26.4 Å². The molecular formula is C13H28O2. The van der Waals surface area contributed by atoms with E-state index in [1.54, 1.807) is 0 Å². The van der Waals surface area contributed by atoms with Crippen molar-refractivity contribution < 1.29 is 9.47 Å². The standard InChI is InChI=1S/C13H28O2/c1-5-12(10-14-7-3)9-13(6-2)11-15-8-4/h12-13H,5-11H2,1-4H3. The zero-order valence-corrected chi connectivity index (χ0v) is 10.9. The predicted octanol–water partition coefficient (Wildman–Crippen LogP) is 3.50. The smallest absolute Gasteiger partial charge is 0.0494 e. The van der Waals surface area contributed by atoms with Gasteiger partial charge in [0.2, 0.25) is 0 Å². The molecular weight excluding hydrogens is 188 g/mol. The molecule has 2 heteroatoms. The van der Waals surface area contributed by atoms with Gasteiger partial charge in [0.25, 0.3) is 0 Å². The minimum Gasteiger partial charge on any atom is -0.381 e. The molecule has 0 saturated heterocycles. The summed E-state index contributed by atoms with van der Waals surface area (Å²) in [6.07, 6.45) is 3.66. The molecule has 0 aliphatic heterocycles. The van der Waals surface area contributed by atoms with E-state index in [9.17, 15) is 0 Å². The molecule has 0 rings (SSSR count). The second-order valence-electron chi connectivity index (χ2n) is 4.10. The first-order valence-corrected chi connectivity index (χ1v) is 6.43. The Kier molecular flexibility index (Phi) is 10.4. The topological polar surface area (TPSA) is 18.5 Å². The molecule has 15 heavy (non-hydrogen) atoms. The summed E-state index contributed by atoms with van der Waals surface area (Å²) in [6.45, 7) is 12.1. The lowest BCUT2D eigenvalue weighted by Crippen LogP contribution is -2.17. The molecule has 0 saturated carbocycles. The molecule has 0 N–H and O–H groups in total. The van der Waals surface area contributed by atoms with E-state index in [0.29, 0.717) is 11.8 Å². The lowest BCUT2D eigenvalue weighted by Gasteiger charge is -2.21. The second kappa shape index (κ2) is 10.4. The molecule has 0 heterocycles. The zero-order valence-electron chi connectivity index (χ0n) is 10.9. The second-order valence-corrected chi connectivity index (χ2v) is 4.10. The first-order valence-electron chi connectivity index (χ1n) is 6.43. The molecule has 0 aliphatic rings. The molecule has 2 unspecified atom stereocenters. The summed E-state index contributed by atoms with van der Waals surface area (Å²) < 4.78 is 11.0. The average Bonchev–Trinajstić information content (AvgIpc) is 2.28. The molecule has 0 spiro atoms. The SMILES string of the molecule is CCOCC(CC)CC(CC)COCC. The van der Waals surface area contributed by atoms with Crippen LogP contribution in [0.4, 0.5) is 0 Å². The van der Waals surface area contributed by atoms with Crippen LogP contribution < -0.4 is 0 Å². The van der Waals surface area contributed by atoms with Crippen molar-refractivity contribution in [1.29, 1.82) is 0 Å². The third-order valence-corrected chi connectivity index (χ3v) is 2.94. The Morgan fingerprint density at radius 1 is 0.733 bits per heavy atom. The Bertz CT molecular complexity index is 112. The molecule has 0 aromatic heterocycles. The van der Waals surface area contributed by atoms with Crippen LogP contribution in [-0.2, 0) is 9.47 Å². The van der Waals surface area contributed by atoms with Crippen molar-refractivity contribution in [3.05, 3.63) is 0 Å². The highest BCUT2D eigenvalue weighted by atomic mass is 16.5. The summed E-state index contributed by atoms with van der Waals surface area (Å²) in [4.78, 5) is 0. The van der Waals surface area contributed by atoms with Crippen molar-refractivity contribution in [3.63, 3.8) is 0 Å². The fourth-order valence-corrected chi connectivity index (χ4v) is 1.75. The maximum Gasteiger partial charge on any atom is 0.0494 e. The number of rotatable bonds is 10. The third-order valence-electron chi connectivity index (χ3n) is 2.94. The molecule has 0 radical (unpaired) electrons. The molecule has 2 atom stereocenters. The normalized spacial score (nSPS) is 15.2. The van der Waals surface area contributed by atoms with Gasteiger partial charge in [-0.3, -0.25) is 0 Å². The van der Waals surface area contributed by atoms with Gasteiger partial charge in [0.05, 0.1) is 0 Å². The van der Waals surface area contributed by atoms with Crippen LogP contribution in [0.2, 0.25) is 0 Å². The van der Waals surface area contributed by atoms with Gasteiger partial charge < -0.3 is 9.47 Å². The Morgan fingerprint density at radius 2 is 1.13 bits per heavy atom. The fraction of sp³-hybridized carbons (Fsp3) is 1.00. The molecule has 0 bridgehead atoms. The largest absolute Gasteiger partial charge is 0.381 e. The summed E-state index contributed by atoms with van der Waals surface area (Å²) in [5, 5.41) is 0. The van der Waals surface area contributed by atoms with Gasteiger partial charge in [0.1, 0.15) is 0 Å². The van der Waals surface area contributed by atoms with E-state index >= 15 is 0 Å². The van der Waals surface area contributed by atoms with E-state index in [-0.39, 0.29) is 0 Å². The lowest BCUT2D eigenvalue weighted by atomic mass is 9.92. The minimum atomic E-state index is 0.704. The average molecular weight is 216 g/mol. The Labute approximate surface area is 95.3 Å². The minimum absolute atomic E-state index is 0.704. The Balaban J connectivity index is 3.77. The van der Waals surface area contributed by atoms with E-state index in [4.69, 9.17) is 9.47 Å². The molecule has 0 amide bonds. The van der Waals surface area contributed by atoms with Crippen LogP contribution in [0, 0.1) is 11.8 Å². The van der Waals surface area contributed by atoms with Crippen LogP contribution in [0.3, 0.4) is 0 Å². The number of hydrogen-bond donors (Lipinski definition) is 0. The summed E-state index contributed by atoms with van der Waals surface area (Å²) >= 11 is 0. The molecule has 0 aromatic rings. The molecule has 92 valence electrons. The number of hydrogen-bond acceptors (Lipinski definition) is 2. The van der Waals surface area contributed by atoms with Crippen LogP contribution in [0.5, 0.6) is 0 Å². The maximum absolute atomic E-state index is 5.50. The first kappa shape index (κ1) is 14.9. The van der Waals surface area contributed by atoms with Crippen molar-refractivity contribution in [2.45, 2.75) is 47.0 Å². The van der Waals surface area contributed by atoms with Gasteiger partial charge in [-0.25, -0.2) is 0 Å². The van der Waals surface area contributed by atoms with Gasteiger partial charge in [-0.05, 0) is 32.1 Å². The summed E-state index contributed by atoms with van der Waals surface area (Å²) in [5.41, 5.74) is 0.